The minimum atomic E-state index is 0.580. The van der Waals surface area contributed by atoms with Crippen LogP contribution in [0.3, 0.4) is 0 Å². The van der Waals surface area contributed by atoms with E-state index in [4.69, 9.17) is 9.47 Å². The minimum Gasteiger partial charge on any atom is -0.478 e. The quantitative estimate of drug-likeness (QED) is 0.393. The Hall–Kier alpha value is -1.82. The van der Waals surface area contributed by atoms with Crippen molar-refractivity contribution >= 4 is 5.96 Å². The summed E-state index contributed by atoms with van der Waals surface area (Å²) in [5, 5.41) is 6.55. The summed E-state index contributed by atoms with van der Waals surface area (Å²) in [7, 11) is 1.76. The van der Waals surface area contributed by atoms with Crippen LogP contribution in [0.4, 0.5) is 0 Å². The van der Waals surface area contributed by atoms with E-state index in [1.807, 2.05) is 19.1 Å². The summed E-state index contributed by atoms with van der Waals surface area (Å²) in [6.45, 7) is 9.88. The Kier molecular flexibility index (Phi) is 9.79. The lowest BCUT2D eigenvalue weighted by Gasteiger charge is -2.14. The third kappa shape index (κ3) is 8.40. The molecule has 0 radical (unpaired) electrons. The molecule has 1 aromatic heterocycles. The van der Waals surface area contributed by atoms with Crippen molar-refractivity contribution in [1.82, 2.24) is 15.6 Å². The van der Waals surface area contributed by atoms with E-state index in [2.05, 4.69) is 34.5 Å². The highest BCUT2D eigenvalue weighted by Gasteiger charge is 2.05. The molecule has 23 heavy (non-hydrogen) atoms. The van der Waals surface area contributed by atoms with E-state index in [0.717, 1.165) is 37.7 Å². The van der Waals surface area contributed by atoms with Crippen LogP contribution in [0.25, 0.3) is 0 Å². The zero-order chi connectivity index (χ0) is 16.9. The molecule has 1 aromatic rings. The molecule has 0 aromatic carbocycles. The third-order valence-corrected chi connectivity index (χ3v) is 3.01. The van der Waals surface area contributed by atoms with Gasteiger partial charge in [0.25, 0.3) is 0 Å². The van der Waals surface area contributed by atoms with Crippen molar-refractivity contribution in [3.8, 4) is 5.88 Å². The third-order valence-electron chi connectivity index (χ3n) is 3.01. The van der Waals surface area contributed by atoms with Gasteiger partial charge >= 0.3 is 0 Å². The molecule has 0 aliphatic heterocycles. The maximum atomic E-state index is 5.56. The van der Waals surface area contributed by atoms with Crippen LogP contribution in [-0.4, -0.2) is 44.4 Å². The Morgan fingerprint density at radius 3 is 2.87 bits per heavy atom. The second kappa shape index (κ2) is 11.7. The van der Waals surface area contributed by atoms with Crippen molar-refractivity contribution < 1.29 is 9.47 Å². The average Bonchev–Trinajstić information content (AvgIpc) is 2.54. The van der Waals surface area contributed by atoms with Gasteiger partial charge in [0, 0.05) is 45.1 Å². The van der Waals surface area contributed by atoms with Crippen LogP contribution in [0.5, 0.6) is 5.88 Å². The van der Waals surface area contributed by atoms with E-state index in [0.29, 0.717) is 24.9 Å². The first-order valence-electron chi connectivity index (χ1n) is 8.26. The lowest BCUT2D eigenvalue weighted by Crippen LogP contribution is -2.37. The van der Waals surface area contributed by atoms with Crippen molar-refractivity contribution in [3.63, 3.8) is 0 Å². The number of guanidine groups is 1. The molecule has 6 nitrogen and oxygen atoms in total. The summed E-state index contributed by atoms with van der Waals surface area (Å²) >= 11 is 0. The van der Waals surface area contributed by atoms with Crippen LogP contribution in [0.2, 0.25) is 0 Å². The van der Waals surface area contributed by atoms with Gasteiger partial charge in [-0.3, -0.25) is 4.99 Å². The summed E-state index contributed by atoms with van der Waals surface area (Å²) < 4.78 is 11.1. The minimum absolute atomic E-state index is 0.580. The Morgan fingerprint density at radius 1 is 1.35 bits per heavy atom. The fraction of sp³-hybridized carbons (Fsp3) is 0.647. The zero-order valence-corrected chi connectivity index (χ0v) is 14.8. The van der Waals surface area contributed by atoms with Gasteiger partial charge in [0.05, 0.1) is 6.61 Å². The summed E-state index contributed by atoms with van der Waals surface area (Å²) in [6.07, 6.45) is 2.68. The summed E-state index contributed by atoms with van der Waals surface area (Å²) in [5.74, 6) is 2.01. The van der Waals surface area contributed by atoms with Crippen LogP contribution in [0.15, 0.2) is 23.3 Å². The molecule has 1 heterocycles. The van der Waals surface area contributed by atoms with Crippen molar-refractivity contribution in [2.75, 3.05) is 33.4 Å². The molecule has 0 aliphatic carbocycles. The Bertz CT molecular complexity index is 464. The van der Waals surface area contributed by atoms with Crippen molar-refractivity contribution in [1.29, 1.82) is 0 Å². The van der Waals surface area contributed by atoms with Crippen molar-refractivity contribution in [2.45, 2.75) is 33.7 Å². The molecule has 1 rings (SSSR count). The molecular formula is C17H30N4O2. The van der Waals surface area contributed by atoms with Gasteiger partial charge in [-0.1, -0.05) is 19.9 Å². The van der Waals surface area contributed by atoms with Crippen LogP contribution in [0, 0.1) is 5.92 Å². The van der Waals surface area contributed by atoms with Gasteiger partial charge in [-0.2, -0.15) is 0 Å². The number of ether oxygens (including phenoxy) is 2. The normalized spacial score (nSPS) is 11.6. The standard InChI is InChI=1S/C17H30N4O2/c1-5-23-16-15(8-6-9-19-16)12-21-17(18-4)20-10-7-11-22-13-14(2)3/h6,8-9,14H,5,7,10-13H2,1-4H3,(H2,18,20,21). The molecule has 0 amide bonds. The maximum Gasteiger partial charge on any atom is 0.218 e. The molecule has 0 atom stereocenters. The average molecular weight is 322 g/mol. The van der Waals surface area contributed by atoms with Gasteiger partial charge in [0.2, 0.25) is 5.88 Å². The molecule has 0 spiro atoms. The first-order chi connectivity index (χ1) is 11.2. The summed E-state index contributed by atoms with van der Waals surface area (Å²) in [5.41, 5.74) is 1.01. The second-order valence-corrected chi connectivity index (χ2v) is 5.58. The predicted molar refractivity (Wildman–Crippen MR) is 93.9 cm³/mol. The molecule has 2 N–H and O–H groups in total. The predicted octanol–water partition coefficient (Wildman–Crippen LogP) is 2.21. The van der Waals surface area contributed by atoms with Gasteiger partial charge in [0.15, 0.2) is 5.96 Å². The highest BCUT2D eigenvalue weighted by molar-refractivity contribution is 5.79. The first kappa shape index (κ1) is 19.2. The van der Waals surface area contributed by atoms with Gasteiger partial charge in [0.1, 0.15) is 0 Å². The summed E-state index contributed by atoms with van der Waals surface area (Å²) in [6, 6.07) is 3.90. The number of hydrogen-bond donors (Lipinski definition) is 2. The molecule has 0 saturated carbocycles. The van der Waals surface area contributed by atoms with E-state index >= 15 is 0 Å². The molecule has 6 heteroatoms. The zero-order valence-electron chi connectivity index (χ0n) is 14.8. The number of hydrogen-bond acceptors (Lipinski definition) is 4. The van der Waals surface area contributed by atoms with Gasteiger partial charge in [-0.05, 0) is 25.3 Å². The lowest BCUT2D eigenvalue weighted by molar-refractivity contribution is 0.108. The van der Waals surface area contributed by atoms with E-state index in [-0.39, 0.29) is 0 Å². The Balaban J connectivity index is 2.29. The highest BCUT2D eigenvalue weighted by atomic mass is 16.5. The van der Waals surface area contributed by atoms with Crippen molar-refractivity contribution in [3.05, 3.63) is 23.9 Å². The Labute approximate surface area is 139 Å². The van der Waals surface area contributed by atoms with Gasteiger partial charge in [-0.15, -0.1) is 0 Å². The molecule has 0 aliphatic rings. The van der Waals surface area contributed by atoms with E-state index < -0.39 is 0 Å². The maximum absolute atomic E-state index is 5.56. The van der Waals surface area contributed by atoms with Crippen LogP contribution >= 0.6 is 0 Å². The SMILES string of the molecule is CCOc1ncccc1CNC(=NC)NCCCOCC(C)C. The van der Waals surface area contributed by atoms with Crippen molar-refractivity contribution in [2.24, 2.45) is 10.9 Å². The molecule has 0 bridgehead atoms. The largest absolute Gasteiger partial charge is 0.478 e. The number of rotatable bonds is 10. The number of aliphatic imine (C=N–C) groups is 1. The van der Waals surface area contributed by atoms with Crippen LogP contribution < -0.4 is 15.4 Å². The molecule has 0 saturated heterocycles. The van der Waals surface area contributed by atoms with E-state index in [9.17, 15) is 0 Å². The van der Waals surface area contributed by atoms with Gasteiger partial charge < -0.3 is 20.1 Å². The Morgan fingerprint density at radius 2 is 2.17 bits per heavy atom. The van der Waals surface area contributed by atoms with E-state index in [1.165, 1.54) is 0 Å². The molecule has 130 valence electrons. The lowest BCUT2D eigenvalue weighted by atomic mass is 10.2. The summed E-state index contributed by atoms with van der Waals surface area (Å²) in [4.78, 5) is 8.46. The van der Waals surface area contributed by atoms with Crippen LogP contribution in [0.1, 0.15) is 32.8 Å². The van der Waals surface area contributed by atoms with Gasteiger partial charge in [-0.25, -0.2) is 4.98 Å². The molecular weight excluding hydrogens is 292 g/mol. The number of nitrogens with zero attached hydrogens (tertiary/aromatic N) is 2. The molecule has 0 fully saturated rings. The fourth-order valence-electron chi connectivity index (χ4n) is 1.92. The first-order valence-corrected chi connectivity index (χ1v) is 8.26. The monoisotopic (exact) mass is 322 g/mol. The number of pyridine rings is 1. The topological polar surface area (TPSA) is 67.8 Å². The number of aromatic nitrogens is 1. The molecule has 0 unspecified atom stereocenters. The van der Waals surface area contributed by atoms with E-state index in [1.54, 1.807) is 13.2 Å². The van der Waals surface area contributed by atoms with Crippen LogP contribution in [-0.2, 0) is 11.3 Å². The number of nitrogens with one attached hydrogen (secondary N) is 2. The smallest absolute Gasteiger partial charge is 0.218 e. The second-order valence-electron chi connectivity index (χ2n) is 5.58. The highest BCUT2D eigenvalue weighted by Crippen LogP contribution is 2.13. The fourth-order valence-corrected chi connectivity index (χ4v) is 1.92.